The minimum Gasteiger partial charge on any atom is -1.00 e. The second-order valence-electron chi connectivity index (χ2n) is 0.837. The van der Waals surface area contributed by atoms with E-state index in [0.717, 1.165) is 0 Å². The molecule has 0 saturated carbocycles. The van der Waals surface area contributed by atoms with E-state index in [4.69, 9.17) is 35.5 Å². The van der Waals surface area contributed by atoms with Crippen molar-refractivity contribution in [2.45, 2.75) is 111 Å². The molecule has 0 aromatic carbocycles. The van der Waals surface area contributed by atoms with Crippen molar-refractivity contribution in [2.75, 3.05) is 0 Å². The number of nitrogens with one attached hydrogen (secondary N) is 6. The molecule has 0 saturated heterocycles. The van der Waals surface area contributed by atoms with Gasteiger partial charge in [-0.2, -0.15) is 16.6 Å². The molecule has 0 spiro atoms. The molecule has 0 aromatic heterocycles. The van der Waals surface area contributed by atoms with Crippen LogP contribution < -0.4 is 491 Å². The van der Waals surface area contributed by atoms with Gasteiger partial charge in [-0.25, -0.2) is 5.53 Å². The SMILES string of the molecule is C.C.C.C.C.C.C.C.C.C.C.C.C.C.C.[2H]N=NN([2H])N([2H])N[2H].[2H]N=NN([2H])[2H].[2H]N[2H].[H-].[H-].[K+].[K+].[K+].[K+].[K+].[K+].[K+].[K+].[K+].[N-]=N[N-]N=[N-].[NH-]/N=N/[NH-]. The van der Waals surface area contributed by atoms with E-state index in [1.807, 2.05) is 0 Å². The van der Waals surface area contributed by atoms with Crippen LogP contribution in [0.15, 0.2) is 31.3 Å². The molecule has 0 fully saturated rings. The van der Waals surface area contributed by atoms with Crippen molar-refractivity contribution in [1.82, 2.24) is 17.2 Å². The number of nitrogens with two attached hydrogens (primary N) is 2. The number of hydrogen-bond donors (Lipinski definition) is 7. The number of hydrazine groups is 2. The third kappa shape index (κ3) is 479. The van der Waals surface area contributed by atoms with Crippen molar-refractivity contribution in [2.24, 2.45) is 43.0 Å². The fourth-order valence-corrected chi connectivity index (χ4v) is 0.0379. The zero-order valence-corrected chi connectivity index (χ0v) is 45.4. The van der Waals surface area contributed by atoms with Gasteiger partial charge in [0.15, 0.2) is 4.24 Å². The Bertz CT molecular complexity index is 408. The summed E-state index contributed by atoms with van der Waals surface area (Å²) in [7, 11) is 0. The van der Waals surface area contributed by atoms with Gasteiger partial charge in [0.25, 0.3) is 0 Å². The molecule has 0 radical (unpaired) electrons. The van der Waals surface area contributed by atoms with Crippen LogP contribution in [0.25, 0.3) is 28.3 Å². The Kier molecular flexibility index (Phi) is 1030. The molecule has 0 rings (SSSR count). The van der Waals surface area contributed by atoms with E-state index in [1.165, 1.54) is 12.0 Å². The van der Waals surface area contributed by atoms with Gasteiger partial charge in [0.2, 0.25) is 4.24 Å². The summed E-state index contributed by atoms with van der Waals surface area (Å²) in [5, 5.41) is 14.0. The van der Waals surface area contributed by atoms with Crippen LogP contribution in [0.2, 0.25) is 12.7 Å². The summed E-state index contributed by atoms with van der Waals surface area (Å²) in [4.78, 5) is 0. The Morgan fingerprint density at radius 3 is 1.02 bits per heavy atom. The van der Waals surface area contributed by atoms with E-state index in [0.29, 0.717) is 0 Å². The van der Waals surface area contributed by atoms with Crippen LogP contribution in [-0.2, 0) is 0 Å². The van der Waals surface area contributed by atoms with Gasteiger partial charge in [-0.3, -0.25) is 5.84 Å². The molecule has 42 heavy (non-hydrogen) atoms. The van der Waals surface area contributed by atoms with Gasteiger partial charge in [-0.05, 0) is 0 Å². The van der Waals surface area contributed by atoms with Crippen molar-refractivity contribution in [1.29, 1.82) is 11.0 Å². The minimum absolute atomic E-state index is 0. The summed E-state index contributed by atoms with van der Waals surface area (Å²) >= 11 is 0. The summed E-state index contributed by atoms with van der Waals surface area (Å²) in [6.45, 7) is 0. The Labute approximate surface area is 668 Å². The van der Waals surface area contributed by atoms with Crippen molar-refractivity contribution in [3.63, 3.8) is 0 Å². The van der Waals surface area contributed by atoms with Gasteiger partial charge < -0.3 is 64.0 Å². The van der Waals surface area contributed by atoms with E-state index in [2.05, 4.69) is 47.9 Å². The first-order valence-corrected chi connectivity index (χ1v) is 2.67. The number of rotatable bonds is 6. The Morgan fingerprint density at radius 2 is 0.952 bits per heavy atom. The van der Waals surface area contributed by atoms with Crippen molar-refractivity contribution >= 4 is 0 Å². The third-order valence-corrected chi connectivity index (χ3v) is 0.215. The predicted molar refractivity (Wildman–Crippen MR) is 162 cm³/mol. The molecule has 13 N–H and O–H groups in total. The minimum atomic E-state index is -0.0486. The Hall–Kier alpha value is 11.6. The van der Waals surface area contributed by atoms with Gasteiger partial charge in [0.1, 0.15) is 4.24 Å². The maximum Gasteiger partial charge on any atom is 1.00 e. The van der Waals surface area contributed by atoms with E-state index in [9.17, 15) is 0 Å². The van der Waals surface area contributed by atoms with E-state index >= 15 is 0 Å². The maximum absolute atomic E-state index is 7.27. The fraction of sp³-hybridized carbons (Fsp3) is 1.00. The zero-order chi connectivity index (χ0) is 22.5. The van der Waals surface area contributed by atoms with Crippen molar-refractivity contribution in [3.05, 3.63) is 28.3 Å². The molecule has 0 aliphatic rings. The standard InChI is InChI=1S/15CH4.9K.H5N5.N5.H2N4.H3N3.H3N.2H/c;;;;;;;;;;;;;;;;;;;;;;;;2*1-3-5-4-2;1-3-4-2;1-3-2;;;/h15*1H4;;;;;;;;;;(H,3,4)(H4,1,2,5);;(H2-2,1,2,3,4);(H3,1,2);1H3;;/q;;;;;;;;;;;;;;;9*+1;;-3;-2;;;2*-1/i/hD9. The van der Waals surface area contributed by atoms with Crippen LogP contribution in [0.1, 0.15) is 114 Å². The van der Waals surface area contributed by atoms with E-state index in [1.54, 1.807) is 0 Å². The van der Waals surface area contributed by atoms with Crippen molar-refractivity contribution < 1.29 is 478 Å². The first kappa shape index (κ1) is 131. The molecule has 0 unspecified atom stereocenters. The largest absolute Gasteiger partial charge is 1.00 e. The normalized spacial score (nSPS) is 5.98. The monoisotopic (exact) mass is 867 g/mol. The molecule has 0 atom stereocenters. The Morgan fingerprint density at radius 1 is 0.690 bits per heavy atom. The first-order valence-electron chi connectivity index (χ1n) is 6.85. The molecule has 0 aliphatic carbocycles. The van der Waals surface area contributed by atoms with Crippen LogP contribution in [0, 0.1) is 11.0 Å². The smallest absolute Gasteiger partial charge is 1.00 e. The molecule has 27 heteroatoms. The van der Waals surface area contributed by atoms with Gasteiger partial charge >= 0.3 is 462 Å². The number of nitrogens with zero attached hydrogens (tertiary/aromatic N) is 9. The number of hydrogen-bond acceptors (Lipinski definition) is 11. The molecule has 0 amide bonds. The van der Waals surface area contributed by atoms with Crippen LogP contribution in [0.4, 0.5) is 0 Å². The van der Waals surface area contributed by atoms with Crippen molar-refractivity contribution in [3.8, 4) is 0 Å². The molecular formula is C15H75K9N18+2. The fourth-order valence-electron chi connectivity index (χ4n) is 0.0379. The molecular weight excluding hydrogens is 784 g/mol. The van der Waals surface area contributed by atoms with Crippen LogP contribution in [0.3, 0.4) is 0 Å². The van der Waals surface area contributed by atoms with Gasteiger partial charge in [0.05, 0.1) is 0 Å². The molecule has 0 aromatic rings. The third-order valence-electron chi connectivity index (χ3n) is 0.215. The predicted octanol–water partition coefficient (Wildman–Crippen LogP) is -15.6. The second-order valence-corrected chi connectivity index (χ2v) is 0.837. The molecule has 0 aliphatic heterocycles. The summed E-state index contributed by atoms with van der Waals surface area (Å²) in [6.07, 6.45) is 1.25. The zero-order valence-electron chi connectivity index (χ0n) is 28.3. The summed E-state index contributed by atoms with van der Waals surface area (Å²) < 4.78 is 54.9. The maximum atomic E-state index is 7.27. The van der Waals surface area contributed by atoms with Crippen LogP contribution in [-0.4, -0.2) is 0 Å². The van der Waals surface area contributed by atoms with Crippen LogP contribution >= 0.6 is 0 Å². The summed E-state index contributed by atoms with van der Waals surface area (Å²) in [5.41, 5.74) is 22.0. The summed E-state index contributed by atoms with van der Waals surface area (Å²) in [6, 6.07) is 0. The second kappa shape index (κ2) is 330. The van der Waals surface area contributed by atoms with Gasteiger partial charge in [0, 0.05) is 0 Å². The molecule has 18 nitrogen and oxygen atoms in total. The van der Waals surface area contributed by atoms with Gasteiger partial charge in [-0.15, -0.1) is 0 Å². The topological polar surface area (TPSA) is 339 Å². The molecule has 0 heterocycles. The quantitative estimate of drug-likeness (QED) is 0.0590. The van der Waals surface area contributed by atoms with E-state index < -0.39 is 0 Å². The molecule has 232 valence electrons. The average Bonchev–Trinajstić information content (AvgIpc) is 2.63. The van der Waals surface area contributed by atoms with Crippen LogP contribution in [0.5, 0.6) is 0 Å². The van der Waals surface area contributed by atoms with Gasteiger partial charge in [-0.1, -0.05) is 122 Å². The molecule has 0 bridgehead atoms. The summed E-state index contributed by atoms with van der Waals surface area (Å²) in [5.74, 6) is 12.9. The Balaban J connectivity index is -0.00000000359. The first-order chi connectivity index (χ1) is 12.7. The van der Waals surface area contributed by atoms with E-state index in [-0.39, 0.29) is 594 Å². The average molecular weight is 869 g/mol.